The maximum absolute atomic E-state index is 12.9. The molecular weight excluding hydrogens is 432 g/mol. The number of para-hydroxylation sites is 1. The normalized spacial score (nSPS) is 21.2. The van der Waals surface area contributed by atoms with Crippen LogP contribution in [0.3, 0.4) is 0 Å². The average Bonchev–Trinajstić information content (AvgIpc) is 2.81. The number of morpholine rings is 1. The molecule has 2 aliphatic rings. The van der Waals surface area contributed by atoms with Crippen LogP contribution in [0.25, 0.3) is 0 Å². The van der Waals surface area contributed by atoms with E-state index in [4.69, 9.17) is 16.3 Å². The lowest BCUT2D eigenvalue weighted by Gasteiger charge is -2.38. The summed E-state index contributed by atoms with van der Waals surface area (Å²) in [6.45, 7) is 1.33. The second kappa shape index (κ2) is 10.1. The fourth-order valence-corrected chi connectivity index (χ4v) is 4.34. The Labute approximate surface area is 191 Å². The zero-order valence-corrected chi connectivity index (χ0v) is 18.3. The first-order valence-electron chi connectivity index (χ1n) is 10.7. The Balaban J connectivity index is 1.36. The molecule has 1 aliphatic heterocycles. The van der Waals surface area contributed by atoms with Crippen LogP contribution < -0.4 is 10.6 Å². The lowest BCUT2D eigenvalue weighted by atomic mass is 9.84. The number of rotatable bonds is 5. The fraction of sp³-hybridized carbons (Fsp3) is 0.391. The van der Waals surface area contributed by atoms with E-state index >= 15 is 0 Å². The fourth-order valence-electron chi connectivity index (χ4n) is 4.22. The van der Waals surface area contributed by atoms with Crippen molar-refractivity contribution in [2.45, 2.75) is 31.7 Å². The molecule has 1 saturated carbocycles. The van der Waals surface area contributed by atoms with Crippen LogP contribution in [0, 0.1) is 5.92 Å². The minimum atomic E-state index is -0.370. The van der Waals surface area contributed by atoms with Crippen LogP contribution in [0.15, 0.2) is 42.6 Å². The van der Waals surface area contributed by atoms with Crippen molar-refractivity contribution in [3.05, 3.63) is 53.2 Å². The summed E-state index contributed by atoms with van der Waals surface area (Å²) in [6, 6.07) is 10.3. The molecule has 1 aromatic heterocycles. The third kappa shape index (κ3) is 5.26. The first-order valence-corrected chi connectivity index (χ1v) is 11.1. The van der Waals surface area contributed by atoms with Crippen molar-refractivity contribution in [3.63, 3.8) is 0 Å². The first kappa shape index (κ1) is 22.2. The number of anilines is 2. The number of carbonyl (C=O) groups excluding carboxylic acids is 3. The minimum absolute atomic E-state index is 0.0271. The summed E-state index contributed by atoms with van der Waals surface area (Å²) in [5.41, 5.74) is 0.805. The smallest absolute Gasteiger partial charge is 0.258 e. The zero-order chi connectivity index (χ0) is 22.5. The highest BCUT2D eigenvalue weighted by atomic mass is 35.5. The van der Waals surface area contributed by atoms with Crippen LogP contribution in [0.2, 0.25) is 5.02 Å². The highest BCUT2D eigenvalue weighted by Gasteiger charge is 2.33. The average molecular weight is 457 g/mol. The summed E-state index contributed by atoms with van der Waals surface area (Å²) < 4.78 is 5.20. The van der Waals surface area contributed by atoms with Gasteiger partial charge in [0.15, 0.2) is 0 Å². The summed E-state index contributed by atoms with van der Waals surface area (Å²) in [4.78, 5) is 43.7. The molecule has 2 aromatic rings. The summed E-state index contributed by atoms with van der Waals surface area (Å²) in [5, 5.41) is 6.11. The van der Waals surface area contributed by atoms with Crippen LogP contribution >= 0.6 is 11.6 Å². The van der Waals surface area contributed by atoms with E-state index in [0.717, 1.165) is 12.8 Å². The molecule has 1 aromatic carbocycles. The van der Waals surface area contributed by atoms with Gasteiger partial charge < -0.3 is 20.3 Å². The molecule has 0 atom stereocenters. The molecular formula is C23H25ClN4O4. The van der Waals surface area contributed by atoms with Crippen LogP contribution in [0.1, 0.15) is 36.0 Å². The second-order valence-corrected chi connectivity index (χ2v) is 8.43. The monoisotopic (exact) mass is 456 g/mol. The molecule has 1 saturated heterocycles. The summed E-state index contributed by atoms with van der Waals surface area (Å²) >= 11 is 5.83. The van der Waals surface area contributed by atoms with Gasteiger partial charge in [0.1, 0.15) is 12.4 Å². The van der Waals surface area contributed by atoms with Crippen molar-refractivity contribution >= 4 is 40.8 Å². The van der Waals surface area contributed by atoms with Crippen molar-refractivity contribution < 1.29 is 19.1 Å². The molecule has 168 valence electrons. The number of carbonyl (C=O) groups is 3. The Bertz CT molecular complexity index is 990. The number of hydrogen-bond donors (Lipinski definition) is 2. The lowest BCUT2D eigenvalue weighted by Crippen LogP contribution is -2.49. The van der Waals surface area contributed by atoms with Crippen molar-refractivity contribution in [2.24, 2.45) is 5.92 Å². The van der Waals surface area contributed by atoms with E-state index in [0.29, 0.717) is 48.1 Å². The maximum atomic E-state index is 12.9. The van der Waals surface area contributed by atoms with Crippen molar-refractivity contribution in [1.29, 1.82) is 0 Å². The van der Waals surface area contributed by atoms with Crippen LogP contribution in [0.5, 0.6) is 0 Å². The number of benzene rings is 1. The Kier molecular flexibility index (Phi) is 7.02. The molecule has 2 fully saturated rings. The zero-order valence-electron chi connectivity index (χ0n) is 17.6. The van der Waals surface area contributed by atoms with E-state index in [2.05, 4.69) is 15.6 Å². The van der Waals surface area contributed by atoms with Gasteiger partial charge in [0, 0.05) is 24.7 Å². The van der Waals surface area contributed by atoms with Gasteiger partial charge in [-0.3, -0.25) is 14.4 Å². The molecule has 0 radical (unpaired) electrons. The Morgan fingerprint density at radius 2 is 1.84 bits per heavy atom. The van der Waals surface area contributed by atoms with Gasteiger partial charge in [-0.15, -0.1) is 0 Å². The third-order valence-corrected chi connectivity index (χ3v) is 6.15. The van der Waals surface area contributed by atoms with E-state index < -0.39 is 0 Å². The van der Waals surface area contributed by atoms with Gasteiger partial charge >= 0.3 is 0 Å². The quantitative estimate of drug-likeness (QED) is 0.718. The number of pyridine rings is 1. The number of nitrogens with zero attached hydrogens (tertiary/aromatic N) is 2. The molecule has 0 unspecified atom stereocenters. The number of aromatic nitrogens is 1. The van der Waals surface area contributed by atoms with Crippen molar-refractivity contribution in [3.8, 4) is 0 Å². The first-order chi connectivity index (χ1) is 15.5. The molecule has 4 rings (SSSR count). The van der Waals surface area contributed by atoms with Gasteiger partial charge in [0.2, 0.25) is 11.8 Å². The second-order valence-electron chi connectivity index (χ2n) is 8.00. The van der Waals surface area contributed by atoms with E-state index in [1.54, 1.807) is 36.4 Å². The van der Waals surface area contributed by atoms with Gasteiger partial charge in [0.05, 0.1) is 22.9 Å². The Morgan fingerprint density at radius 3 is 2.56 bits per heavy atom. The highest BCUT2D eigenvalue weighted by Crippen LogP contribution is 2.30. The lowest BCUT2D eigenvalue weighted by molar-refractivity contribution is -0.146. The predicted molar refractivity (Wildman–Crippen MR) is 121 cm³/mol. The standard InChI is InChI=1S/C23H25ClN4O4/c24-16-7-10-20(25-13-16)27-23(31)18-3-1-2-4-19(18)26-22(30)15-5-8-17(9-6-15)28-11-12-32-14-21(28)29/h1-4,7,10,13,15,17H,5-6,8-9,11-12,14H2,(H,26,30)(H,25,27,31). The van der Waals surface area contributed by atoms with Gasteiger partial charge in [-0.05, 0) is 49.9 Å². The van der Waals surface area contributed by atoms with Crippen LogP contribution in [-0.4, -0.2) is 53.4 Å². The number of ether oxygens (including phenoxy) is 1. The largest absolute Gasteiger partial charge is 0.370 e. The Hall–Kier alpha value is -2.97. The van der Waals surface area contributed by atoms with Gasteiger partial charge in [-0.25, -0.2) is 4.98 Å². The molecule has 1 aliphatic carbocycles. The summed E-state index contributed by atoms with van der Waals surface area (Å²) in [5.74, 6) is -0.237. The van der Waals surface area contributed by atoms with Crippen molar-refractivity contribution in [2.75, 3.05) is 30.4 Å². The molecule has 8 nitrogen and oxygen atoms in total. The minimum Gasteiger partial charge on any atom is -0.370 e. The molecule has 0 bridgehead atoms. The van der Waals surface area contributed by atoms with E-state index in [9.17, 15) is 14.4 Å². The number of hydrogen-bond acceptors (Lipinski definition) is 5. The number of halogens is 1. The maximum Gasteiger partial charge on any atom is 0.258 e. The topological polar surface area (TPSA) is 101 Å². The van der Waals surface area contributed by atoms with Gasteiger partial charge in [0.25, 0.3) is 5.91 Å². The van der Waals surface area contributed by atoms with E-state index in [1.807, 2.05) is 4.90 Å². The molecule has 3 amide bonds. The molecule has 0 spiro atoms. The van der Waals surface area contributed by atoms with Crippen molar-refractivity contribution in [1.82, 2.24) is 9.88 Å². The highest BCUT2D eigenvalue weighted by molar-refractivity contribution is 6.30. The van der Waals surface area contributed by atoms with E-state index in [-0.39, 0.29) is 36.3 Å². The van der Waals surface area contributed by atoms with Crippen LogP contribution in [-0.2, 0) is 14.3 Å². The third-order valence-electron chi connectivity index (χ3n) is 5.93. The molecule has 32 heavy (non-hydrogen) atoms. The number of nitrogens with one attached hydrogen (secondary N) is 2. The number of amides is 3. The Morgan fingerprint density at radius 1 is 1.06 bits per heavy atom. The van der Waals surface area contributed by atoms with E-state index in [1.165, 1.54) is 6.20 Å². The van der Waals surface area contributed by atoms with Gasteiger partial charge in [-0.1, -0.05) is 23.7 Å². The van der Waals surface area contributed by atoms with Crippen LogP contribution in [0.4, 0.5) is 11.5 Å². The summed E-state index contributed by atoms with van der Waals surface area (Å²) in [7, 11) is 0. The molecule has 2 heterocycles. The SMILES string of the molecule is O=C(Nc1ccc(Cl)cn1)c1ccccc1NC(=O)C1CCC(N2CCOCC2=O)CC1. The predicted octanol–water partition coefficient (Wildman–Crippen LogP) is 3.34. The van der Waals surface area contributed by atoms with Gasteiger partial charge in [-0.2, -0.15) is 0 Å². The summed E-state index contributed by atoms with van der Waals surface area (Å²) in [6.07, 6.45) is 4.42. The molecule has 9 heteroatoms. The molecule has 2 N–H and O–H groups in total.